The lowest BCUT2D eigenvalue weighted by Crippen LogP contribution is -2.22. The second-order valence-electron chi connectivity index (χ2n) is 5.21. The smallest absolute Gasteiger partial charge is 0.280 e. The lowest BCUT2D eigenvalue weighted by Gasteiger charge is -2.07. The molecule has 0 bridgehead atoms. The average Bonchev–Trinajstić information content (AvgIpc) is 2.57. The molecule has 120 valence electrons. The Morgan fingerprint density at radius 2 is 1.71 bits per heavy atom. The summed E-state index contributed by atoms with van der Waals surface area (Å²) in [4.78, 5) is 16.7. The number of benzene rings is 2. The van der Waals surface area contributed by atoms with Gasteiger partial charge in [0.2, 0.25) is 0 Å². The molecule has 2 aromatic carbocycles. The number of carbonyl (C=O) groups is 1. The van der Waals surface area contributed by atoms with Crippen LogP contribution in [0.25, 0.3) is 0 Å². The molecule has 0 aliphatic carbocycles. The Bertz CT molecular complexity index is 933. The van der Waals surface area contributed by atoms with Gasteiger partial charge in [-0.1, -0.05) is 59.6 Å². The number of amides is 1. The van der Waals surface area contributed by atoms with Crippen molar-refractivity contribution in [3.63, 3.8) is 0 Å². The van der Waals surface area contributed by atoms with Gasteiger partial charge >= 0.3 is 0 Å². The van der Waals surface area contributed by atoms with Gasteiger partial charge in [0.25, 0.3) is 5.91 Å². The molecule has 3 rings (SSSR count). The predicted molar refractivity (Wildman–Crippen MR) is 96.3 cm³/mol. The van der Waals surface area contributed by atoms with E-state index in [2.05, 4.69) is 4.99 Å². The van der Waals surface area contributed by atoms with Crippen LogP contribution < -0.4 is 5.49 Å². The highest BCUT2D eigenvalue weighted by atomic mass is 35.5. The van der Waals surface area contributed by atoms with Crippen molar-refractivity contribution in [1.29, 1.82) is 0 Å². The lowest BCUT2D eigenvalue weighted by atomic mass is 10.2. The third kappa shape index (κ3) is 3.94. The van der Waals surface area contributed by atoms with E-state index in [0.29, 0.717) is 27.6 Å². The van der Waals surface area contributed by atoms with Crippen LogP contribution >= 0.6 is 23.2 Å². The highest BCUT2D eigenvalue weighted by molar-refractivity contribution is 6.36. The number of halogens is 2. The van der Waals surface area contributed by atoms with Gasteiger partial charge in [0.15, 0.2) is 0 Å². The summed E-state index contributed by atoms with van der Waals surface area (Å²) in [6.07, 6.45) is 1.89. The Kier molecular flexibility index (Phi) is 5.14. The molecule has 1 amide bonds. The molecule has 1 aromatic heterocycles. The third-order valence-corrected chi connectivity index (χ3v) is 4.04. The van der Waals surface area contributed by atoms with E-state index in [-0.39, 0.29) is 0 Å². The molecular formula is C19H14Cl2N2O. The number of hydrogen-bond acceptors (Lipinski definition) is 1. The van der Waals surface area contributed by atoms with Gasteiger partial charge < -0.3 is 4.57 Å². The zero-order chi connectivity index (χ0) is 16.9. The van der Waals surface area contributed by atoms with Gasteiger partial charge in [-0.15, -0.1) is 0 Å². The number of rotatable bonds is 3. The largest absolute Gasteiger partial charge is 0.328 e. The van der Waals surface area contributed by atoms with Crippen molar-refractivity contribution in [3.8, 4) is 0 Å². The van der Waals surface area contributed by atoms with Crippen LogP contribution in [-0.2, 0) is 6.54 Å². The van der Waals surface area contributed by atoms with Crippen LogP contribution in [0.4, 0.5) is 0 Å². The first-order valence-corrected chi connectivity index (χ1v) is 8.12. The Hall–Kier alpha value is -2.36. The molecule has 5 heteroatoms. The number of carbonyl (C=O) groups excluding carboxylic acids is 1. The van der Waals surface area contributed by atoms with Crippen molar-refractivity contribution >= 4 is 29.1 Å². The summed E-state index contributed by atoms with van der Waals surface area (Å²) >= 11 is 12.0. The summed E-state index contributed by atoms with van der Waals surface area (Å²) in [5.74, 6) is -0.398. The topological polar surface area (TPSA) is 34.4 Å². The van der Waals surface area contributed by atoms with Crippen molar-refractivity contribution in [2.24, 2.45) is 4.99 Å². The zero-order valence-electron chi connectivity index (χ0n) is 12.7. The minimum absolute atomic E-state index is 0.293. The van der Waals surface area contributed by atoms with Crippen molar-refractivity contribution in [2.75, 3.05) is 0 Å². The molecular weight excluding hydrogens is 343 g/mol. The van der Waals surface area contributed by atoms with Crippen molar-refractivity contribution in [3.05, 3.63) is 99.6 Å². The molecule has 0 aliphatic heterocycles. The van der Waals surface area contributed by atoms with E-state index < -0.39 is 5.91 Å². The zero-order valence-corrected chi connectivity index (χ0v) is 14.2. The molecule has 24 heavy (non-hydrogen) atoms. The van der Waals surface area contributed by atoms with Gasteiger partial charge in [0.05, 0.1) is 10.6 Å². The Morgan fingerprint density at radius 1 is 0.958 bits per heavy atom. The Labute approximate surface area is 149 Å². The van der Waals surface area contributed by atoms with E-state index in [0.717, 1.165) is 5.56 Å². The fraction of sp³-hybridized carbons (Fsp3) is 0.0526. The second-order valence-corrected chi connectivity index (χ2v) is 6.06. The summed E-state index contributed by atoms with van der Waals surface area (Å²) in [6.45, 7) is 0.627. The number of hydrogen-bond donors (Lipinski definition) is 0. The van der Waals surface area contributed by atoms with Gasteiger partial charge in [0, 0.05) is 17.8 Å². The molecule has 0 saturated heterocycles. The normalized spacial score (nSPS) is 11.5. The summed E-state index contributed by atoms with van der Waals surface area (Å²) < 4.78 is 1.91. The molecule has 0 N–H and O–H groups in total. The minimum atomic E-state index is -0.398. The molecule has 0 unspecified atom stereocenters. The second kappa shape index (κ2) is 7.47. The molecule has 0 aliphatic rings. The fourth-order valence-electron chi connectivity index (χ4n) is 2.31. The maximum Gasteiger partial charge on any atom is 0.280 e. The first kappa shape index (κ1) is 16.5. The van der Waals surface area contributed by atoms with Crippen LogP contribution in [0.5, 0.6) is 0 Å². The van der Waals surface area contributed by atoms with Crippen LogP contribution in [0.1, 0.15) is 15.9 Å². The maximum atomic E-state index is 12.4. The summed E-state index contributed by atoms with van der Waals surface area (Å²) in [7, 11) is 0. The first-order chi connectivity index (χ1) is 11.6. The maximum absolute atomic E-state index is 12.4. The quantitative estimate of drug-likeness (QED) is 0.675. The van der Waals surface area contributed by atoms with Crippen LogP contribution in [-0.4, -0.2) is 10.5 Å². The molecule has 0 atom stereocenters. The molecule has 1 heterocycles. The lowest BCUT2D eigenvalue weighted by molar-refractivity contribution is 0.0997. The van der Waals surface area contributed by atoms with Gasteiger partial charge in [-0.05, 0) is 35.9 Å². The van der Waals surface area contributed by atoms with Crippen LogP contribution in [0.3, 0.4) is 0 Å². The van der Waals surface area contributed by atoms with Crippen molar-refractivity contribution in [2.45, 2.75) is 6.54 Å². The predicted octanol–water partition coefficient (Wildman–Crippen LogP) is 4.58. The number of nitrogens with zero attached hydrogens (tertiary/aromatic N) is 2. The van der Waals surface area contributed by atoms with Gasteiger partial charge in [-0.25, -0.2) is 0 Å². The molecule has 0 fully saturated rings. The Morgan fingerprint density at radius 3 is 2.46 bits per heavy atom. The van der Waals surface area contributed by atoms with E-state index in [9.17, 15) is 4.79 Å². The Balaban J connectivity index is 1.97. The number of pyridine rings is 1. The number of aromatic nitrogens is 1. The van der Waals surface area contributed by atoms with Crippen LogP contribution in [0, 0.1) is 0 Å². The average molecular weight is 357 g/mol. The monoisotopic (exact) mass is 356 g/mol. The molecule has 0 radical (unpaired) electrons. The minimum Gasteiger partial charge on any atom is -0.328 e. The first-order valence-electron chi connectivity index (χ1n) is 7.37. The highest BCUT2D eigenvalue weighted by Gasteiger charge is 2.10. The molecule has 3 aromatic rings. The van der Waals surface area contributed by atoms with Crippen LogP contribution in [0.15, 0.2) is 77.9 Å². The third-order valence-electron chi connectivity index (χ3n) is 3.49. The standard InChI is InChI=1S/C19H14Cl2N2O/c20-15-9-10-16(17(21)12-15)19(24)22-18-8-4-5-11-23(18)13-14-6-2-1-3-7-14/h1-12H,13H2. The van der Waals surface area contributed by atoms with E-state index in [1.807, 2.05) is 53.2 Å². The van der Waals surface area contributed by atoms with Crippen molar-refractivity contribution < 1.29 is 4.79 Å². The van der Waals surface area contributed by atoms with Crippen LogP contribution in [0.2, 0.25) is 10.0 Å². The summed E-state index contributed by atoms with van der Waals surface area (Å²) in [5.41, 5.74) is 2.02. The van der Waals surface area contributed by atoms with Gasteiger partial charge in [0.1, 0.15) is 5.49 Å². The van der Waals surface area contributed by atoms with Crippen molar-refractivity contribution in [1.82, 2.24) is 4.57 Å². The van der Waals surface area contributed by atoms with E-state index in [1.165, 1.54) is 6.07 Å². The molecule has 3 nitrogen and oxygen atoms in total. The SMILES string of the molecule is O=C(N=c1ccccn1Cc1ccccc1)c1ccc(Cl)cc1Cl. The van der Waals surface area contributed by atoms with E-state index in [1.54, 1.807) is 18.2 Å². The highest BCUT2D eigenvalue weighted by Crippen LogP contribution is 2.21. The molecule has 0 saturated carbocycles. The molecule has 0 spiro atoms. The van der Waals surface area contributed by atoms with Gasteiger partial charge in [-0.2, -0.15) is 4.99 Å². The summed E-state index contributed by atoms with van der Waals surface area (Å²) in [6, 6.07) is 20.3. The van der Waals surface area contributed by atoms with E-state index in [4.69, 9.17) is 23.2 Å². The van der Waals surface area contributed by atoms with E-state index >= 15 is 0 Å². The fourth-order valence-corrected chi connectivity index (χ4v) is 2.80. The van der Waals surface area contributed by atoms with Gasteiger partial charge in [-0.3, -0.25) is 4.79 Å². The summed E-state index contributed by atoms with van der Waals surface area (Å²) in [5, 5.41) is 0.775.